The molecule has 3 rings (SSSR count). The van der Waals surface area contributed by atoms with Crippen molar-refractivity contribution in [2.75, 3.05) is 25.2 Å². The van der Waals surface area contributed by atoms with Crippen LogP contribution in [0.2, 0.25) is 0 Å². The van der Waals surface area contributed by atoms with E-state index >= 15 is 0 Å². The number of hydrogen-bond acceptors (Lipinski definition) is 6. The molecule has 0 saturated carbocycles. The van der Waals surface area contributed by atoms with E-state index in [1.54, 1.807) is 25.3 Å². The fourth-order valence-electron chi connectivity index (χ4n) is 2.18. The molecule has 1 aromatic carbocycles. The van der Waals surface area contributed by atoms with E-state index in [0.717, 1.165) is 6.29 Å². The summed E-state index contributed by atoms with van der Waals surface area (Å²) in [6, 6.07) is 4.92. The number of nitrogens with zero attached hydrogens (tertiary/aromatic N) is 2. The lowest BCUT2D eigenvalue weighted by atomic mass is 10.2. The molecule has 0 radical (unpaired) electrons. The van der Waals surface area contributed by atoms with Gasteiger partial charge in [-0.15, -0.1) is 0 Å². The molecule has 0 N–H and O–H groups in total. The molecule has 20 heavy (non-hydrogen) atoms. The fourth-order valence-corrected chi connectivity index (χ4v) is 2.18. The Bertz CT molecular complexity index is 666. The van der Waals surface area contributed by atoms with E-state index in [1.165, 1.54) is 4.90 Å². The van der Waals surface area contributed by atoms with Gasteiger partial charge >= 0.3 is 6.09 Å². The van der Waals surface area contributed by atoms with E-state index in [9.17, 15) is 9.59 Å². The van der Waals surface area contributed by atoms with E-state index < -0.39 is 6.09 Å². The van der Waals surface area contributed by atoms with Gasteiger partial charge in [0, 0.05) is 12.7 Å². The Kier molecular flexibility index (Phi) is 3.11. The van der Waals surface area contributed by atoms with E-state index in [-0.39, 0.29) is 6.10 Å². The number of ether oxygens (including phenoxy) is 2. The van der Waals surface area contributed by atoms with Crippen LogP contribution in [-0.4, -0.2) is 43.9 Å². The van der Waals surface area contributed by atoms with Crippen LogP contribution in [-0.2, 0) is 9.47 Å². The second kappa shape index (κ2) is 4.93. The van der Waals surface area contributed by atoms with Crippen LogP contribution in [0.1, 0.15) is 10.4 Å². The Labute approximate surface area is 114 Å². The molecule has 1 unspecified atom stereocenters. The third-order valence-electron chi connectivity index (χ3n) is 3.10. The Balaban J connectivity index is 1.94. The first kappa shape index (κ1) is 12.6. The highest BCUT2D eigenvalue weighted by Crippen LogP contribution is 2.29. The van der Waals surface area contributed by atoms with Gasteiger partial charge in [0.2, 0.25) is 0 Å². The largest absolute Gasteiger partial charge is 0.441 e. The van der Waals surface area contributed by atoms with Gasteiger partial charge in [-0.05, 0) is 12.1 Å². The minimum Gasteiger partial charge on any atom is -0.441 e. The standard InChI is InChI=1S/C13H12N2O5/c1-18-7-9-5-15(13(17)19-9)12-10-3-2-8(6-16)4-11(10)20-14-12/h2-4,6,9H,5,7H2,1H3. The number of aldehydes is 1. The zero-order valence-electron chi connectivity index (χ0n) is 10.7. The number of methoxy groups -OCH3 is 1. The summed E-state index contributed by atoms with van der Waals surface area (Å²) in [4.78, 5) is 24.0. The van der Waals surface area contributed by atoms with Gasteiger partial charge in [0.15, 0.2) is 11.4 Å². The van der Waals surface area contributed by atoms with E-state index in [2.05, 4.69) is 5.16 Å². The van der Waals surface area contributed by atoms with Crippen LogP contribution >= 0.6 is 0 Å². The number of amides is 1. The van der Waals surface area contributed by atoms with Crippen molar-refractivity contribution >= 4 is 29.2 Å². The molecule has 7 nitrogen and oxygen atoms in total. The van der Waals surface area contributed by atoms with Gasteiger partial charge in [-0.1, -0.05) is 11.2 Å². The van der Waals surface area contributed by atoms with Crippen LogP contribution in [0.15, 0.2) is 22.7 Å². The number of hydrogen-bond donors (Lipinski definition) is 0. The second-order valence-electron chi connectivity index (χ2n) is 4.45. The predicted molar refractivity (Wildman–Crippen MR) is 68.9 cm³/mol. The monoisotopic (exact) mass is 276 g/mol. The van der Waals surface area contributed by atoms with Crippen molar-refractivity contribution < 1.29 is 23.6 Å². The molecule has 1 fully saturated rings. The van der Waals surface area contributed by atoms with Crippen molar-refractivity contribution in [2.45, 2.75) is 6.10 Å². The maximum Gasteiger partial charge on any atom is 0.416 e. The van der Waals surface area contributed by atoms with Crippen LogP contribution in [0.25, 0.3) is 11.0 Å². The molecule has 104 valence electrons. The summed E-state index contributed by atoms with van der Waals surface area (Å²) in [6.45, 7) is 0.678. The van der Waals surface area contributed by atoms with Crippen LogP contribution in [0, 0.1) is 0 Å². The molecule has 1 aromatic heterocycles. The summed E-state index contributed by atoms with van der Waals surface area (Å²) in [5.74, 6) is 0.390. The number of carbonyl (C=O) groups excluding carboxylic acids is 2. The number of benzene rings is 1. The van der Waals surface area contributed by atoms with Gasteiger partial charge < -0.3 is 14.0 Å². The number of rotatable bonds is 4. The molecular formula is C13H12N2O5. The Morgan fingerprint density at radius 1 is 1.55 bits per heavy atom. The van der Waals surface area contributed by atoms with Crippen molar-refractivity contribution in [3.63, 3.8) is 0 Å². The number of carbonyl (C=O) groups is 2. The molecule has 1 saturated heterocycles. The molecule has 1 aliphatic rings. The average Bonchev–Trinajstić information content (AvgIpc) is 3.01. The zero-order chi connectivity index (χ0) is 14.1. The van der Waals surface area contributed by atoms with Gasteiger partial charge in [0.25, 0.3) is 0 Å². The van der Waals surface area contributed by atoms with Gasteiger partial charge in [0.1, 0.15) is 12.4 Å². The topological polar surface area (TPSA) is 81.9 Å². The van der Waals surface area contributed by atoms with E-state index in [0.29, 0.717) is 35.5 Å². The van der Waals surface area contributed by atoms with Gasteiger partial charge in [-0.25, -0.2) is 4.79 Å². The van der Waals surface area contributed by atoms with Crippen LogP contribution in [0.3, 0.4) is 0 Å². The number of cyclic esters (lactones) is 1. The van der Waals surface area contributed by atoms with Crippen LogP contribution in [0.5, 0.6) is 0 Å². The summed E-state index contributed by atoms with van der Waals surface area (Å²) in [6.07, 6.45) is -0.0874. The molecule has 0 spiro atoms. The molecule has 1 atom stereocenters. The number of aromatic nitrogens is 1. The highest BCUT2D eigenvalue weighted by atomic mass is 16.6. The Morgan fingerprint density at radius 2 is 2.40 bits per heavy atom. The first-order valence-corrected chi connectivity index (χ1v) is 6.04. The van der Waals surface area contributed by atoms with Crippen molar-refractivity contribution in [1.29, 1.82) is 0 Å². The number of fused-ring (bicyclic) bond motifs is 1. The fraction of sp³-hybridized carbons (Fsp3) is 0.308. The normalized spacial score (nSPS) is 18.6. The Morgan fingerprint density at radius 3 is 3.15 bits per heavy atom. The van der Waals surface area contributed by atoms with Gasteiger partial charge in [-0.2, -0.15) is 0 Å². The van der Waals surface area contributed by atoms with Crippen molar-refractivity contribution in [3.05, 3.63) is 23.8 Å². The highest BCUT2D eigenvalue weighted by Gasteiger charge is 2.35. The third-order valence-corrected chi connectivity index (χ3v) is 3.10. The van der Waals surface area contributed by atoms with Crippen molar-refractivity contribution in [1.82, 2.24) is 5.16 Å². The average molecular weight is 276 g/mol. The first-order chi connectivity index (χ1) is 9.72. The number of anilines is 1. The summed E-state index contributed by atoms with van der Waals surface area (Å²) in [5.41, 5.74) is 0.939. The molecule has 1 amide bonds. The first-order valence-electron chi connectivity index (χ1n) is 6.04. The summed E-state index contributed by atoms with van der Waals surface area (Å²) >= 11 is 0. The molecule has 2 heterocycles. The van der Waals surface area contributed by atoms with E-state index in [4.69, 9.17) is 14.0 Å². The molecule has 7 heteroatoms. The smallest absolute Gasteiger partial charge is 0.416 e. The van der Waals surface area contributed by atoms with Crippen molar-refractivity contribution in [2.24, 2.45) is 0 Å². The summed E-state index contributed by atoms with van der Waals surface area (Å²) in [7, 11) is 1.54. The lowest BCUT2D eigenvalue weighted by Crippen LogP contribution is -2.26. The van der Waals surface area contributed by atoms with Gasteiger partial charge in [-0.3, -0.25) is 9.69 Å². The highest BCUT2D eigenvalue weighted by molar-refractivity contribution is 6.00. The lowest BCUT2D eigenvalue weighted by Gasteiger charge is -2.08. The maximum atomic E-state index is 11.8. The van der Waals surface area contributed by atoms with E-state index in [1.807, 2.05) is 0 Å². The minimum atomic E-state index is -0.485. The third kappa shape index (κ3) is 2.01. The predicted octanol–water partition coefficient (Wildman–Crippen LogP) is 1.61. The molecular weight excluding hydrogens is 264 g/mol. The Hall–Kier alpha value is -2.41. The van der Waals surface area contributed by atoms with Crippen LogP contribution < -0.4 is 4.90 Å². The van der Waals surface area contributed by atoms with Gasteiger partial charge in [0.05, 0.1) is 18.5 Å². The zero-order valence-corrected chi connectivity index (χ0v) is 10.7. The minimum absolute atomic E-state index is 0.325. The molecule has 0 aliphatic carbocycles. The maximum absolute atomic E-state index is 11.8. The SMILES string of the molecule is COCC1CN(c2noc3cc(C=O)ccc23)C(=O)O1. The van der Waals surface area contributed by atoms with Crippen molar-refractivity contribution in [3.8, 4) is 0 Å². The lowest BCUT2D eigenvalue weighted by molar-refractivity contribution is 0.0718. The van der Waals surface area contributed by atoms with Crippen LogP contribution in [0.4, 0.5) is 10.6 Å². The summed E-state index contributed by atoms with van der Waals surface area (Å²) in [5, 5.41) is 4.55. The molecule has 1 aliphatic heterocycles. The molecule has 0 bridgehead atoms. The molecule has 2 aromatic rings. The quantitative estimate of drug-likeness (QED) is 0.789. The summed E-state index contributed by atoms with van der Waals surface area (Å²) < 4.78 is 15.3. The second-order valence-corrected chi connectivity index (χ2v) is 4.45.